The van der Waals surface area contributed by atoms with Crippen LogP contribution in [0.4, 0.5) is 0 Å². The van der Waals surface area contributed by atoms with Crippen LogP contribution in [0.25, 0.3) is 9.69 Å². The van der Waals surface area contributed by atoms with E-state index in [4.69, 9.17) is 18.3 Å². The SMILES string of the molecule is [C-]#[N+]C(C)C(=O)O.[C-]#[N+]COC(C)=O. The first kappa shape index (κ1) is 14.4. The monoisotopic (exact) mass is 198 g/mol. The van der Waals surface area contributed by atoms with Gasteiger partial charge in [0, 0.05) is 13.8 Å². The molecule has 0 fully saturated rings. The van der Waals surface area contributed by atoms with Crippen molar-refractivity contribution in [2.45, 2.75) is 19.9 Å². The topological polar surface area (TPSA) is 72.3 Å². The van der Waals surface area contributed by atoms with Crippen LogP contribution >= 0.6 is 0 Å². The lowest BCUT2D eigenvalue weighted by Gasteiger charge is -1.84. The maximum atomic E-state index is 9.84. The smallest absolute Gasteiger partial charge is 0.387 e. The third-order valence-electron chi connectivity index (χ3n) is 0.883. The average molecular weight is 198 g/mol. The summed E-state index contributed by atoms with van der Waals surface area (Å²) < 4.78 is 4.20. The first-order valence-electron chi connectivity index (χ1n) is 3.51. The van der Waals surface area contributed by atoms with Gasteiger partial charge < -0.3 is 14.7 Å². The van der Waals surface area contributed by atoms with E-state index in [0.717, 1.165) is 0 Å². The molecule has 1 atom stereocenters. The molecule has 0 radical (unpaired) electrons. The first-order valence-corrected chi connectivity index (χ1v) is 3.51. The van der Waals surface area contributed by atoms with Gasteiger partial charge in [-0.3, -0.25) is 9.64 Å². The number of carbonyl (C=O) groups is 2. The average Bonchev–Trinajstić information content (AvgIpc) is 2.14. The molecule has 0 aliphatic heterocycles. The van der Waals surface area contributed by atoms with E-state index in [9.17, 15) is 9.59 Å². The van der Waals surface area contributed by atoms with Crippen molar-refractivity contribution in [1.82, 2.24) is 0 Å². The first-order chi connectivity index (χ1) is 6.45. The Labute approximate surface area is 81.7 Å². The summed E-state index contributed by atoms with van der Waals surface area (Å²) in [6.45, 7) is 14.8. The highest BCUT2D eigenvalue weighted by Crippen LogP contribution is 1.84. The summed E-state index contributed by atoms with van der Waals surface area (Å²) in [7, 11) is 0. The third kappa shape index (κ3) is 12.6. The Morgan fingerprint density at radius 3 is 2.07 bits per heavy atom. The molecule has 0 saturated heterocycles. The Hall–Kier alpha value is -2.08. The second-order valence-corrected chi connectivity index (χ2v) is 2.07. The van der Waals surface area contributed by atoms with Crippen LogP contribution in [0, 0.1) is 13.1 Å². The predicted molar refractivity (Wildman–Crippen MR) is 46.9 cm³/mol. The fourth-order valence-electron chi connectivity index (χ4n) is 0.178. The predicted octanol–water partition coefficient (Wildman–Crippen LogP) is 0.805. The van der Waals surface area contributed by atoms with E-state index in [1.807, 2.05) is 0 Å². The largest absolute Gasteiger partial charge is 0.476 e. The Kier molecular flexibility index (Phi) is 9.30. The summed E-state index contributed by atoms with van der Waals surface area (Å²) in [4.78, 5) is 25.1. The zero-order valence-corrected chi connectivity index (χ0v) is 7.85. The molecule has 76 valence electrons. The molecule has 0 aromatic heterocycles. The van der Waals surface area contributed by atoms with E-state index < -0.39 is 18.0 Å². The van der Waals surface area contributed by atoms with E-state index >= 15 is 0 Å². The number of esters is 1. The van der Waals surface area contributed by atoms with Gasteiger partial charge in [0.05, 0.1) is 0 Å². The van der Waals surface area contributed by atoms with Crippen molar-refractivity contribution in [2.75, 3.05) is 6.73 Å². The highest BCUT2D eigenvalue weighted by Gasteiger charge is 2.12. The van der Waals surface area contributed by atoms with Crippen molar-refractivity contribution in [3.8, 4) is 0 Å². The molecule has 0 rings (SSSR count). The van der Waals surface area contributed by atoms with E-state index in [2.05, 4.69) is 14.4 Å². The molecular weight excluding hydrogens is 188 g/mol. The highest BCUT2D eigenvalue weighted by atomic mass is 16.5. The molecule has 6 nitrogen and oxygen atoms in total. The summed E-state index contributed by atoms with van der Waals surface area (Å²) >= 11 is 0. The van der Waals surface area contributed by atoms with E-state index in [0.29, 0.717) is 0 Å². The zero-order valence-electron chi connectivity index (χ0n) is 7.85. The summed E-state index contributed by atoms with van der Waals surface area (Å²) in [5, 5.41) is 7.97. The minimum absolute atomic E-state index is 0.157. The number of rotatable bonds is 2. The number of hydrogen-bond donors (Lipinski definition) is 1. The number of ether oxygens (including phenoxy) is 1. The van der Waals surface area contributed by atoms with Gasteiger partial charge in [-0.2, -0.15) is 0 Å². The van der Waals surface area contributed by atoms with Gasteiger partial charge >= 0.3 is 24.7 Å². The van der Waals surface area contributed by atoms with Gasteiger partial charge in [-0.1, -0.05) is 0 Å². The Morgan fingerprint density at radius 1 is 1.50 bits per heavy atom. The Balaban J connectivity index is 0. The standard InChI is InChI=1S/2C4H5NO2/c1-4(6)7-3-5-2;1-3(5-2)4(6)7/h3H2,1H3;3H,1H3,(H,6,7). The normalized spacial score (nSPS) is 9.43. The summed E-state index contributed by atoms with van der Waals surface area (Å²) in [6.07, 6.45) is 0. The summed E-state index contributed by atoms with van der Waals surface area (Å²) in [5.41, 5.74) is 0. The molecule has 1 unspecified atom stereocenters. The van der Waals surface area contributed by atoms with Gasteiger partial charge in [0.1, 0.15) is 0 Å². The summed E-state index contributed by atoms with van der Waals surface area (Å²) in [5.74, 6) is -1.47. The van der Waals surface area contributed by atoms with Crippen LogP contribution in [-0.4, -0.2) is 29.8 Å². The van der Waals surface area contributed by atoms with E-state index in [1.54, 1.807) is 0 Å². The van der Waals surface area contributed by atoms with Gasteiger partial charge in [-0.05, 0) is 0 Å². The van der Waals surface area contributed by atoms with Crippen LogP contribution in [0.15, 0.2) is 0 Å². The van der Waals surface area contributed by atoms with Crippen molar-refractivity contribution in [3.63, 3.8) is 0 Å². The molecule has 0 aromatic rings. The molecule has 0 heterocycles. The molecule has 14 heavy (non-hydrogen) atoms. The molecule has 0 amide bonds. The van der Waals surface area contributed by atoms with Crippen molar-refractivity contribution >= 4 is 11.9 Å². The zero-order chi connectivity index (χ0) is 11.6. The van der Waals surface area contributed by atoms with Crippen LogP contribution in [0.5, 0.6) is 0 Å². The maximum Gasteiger partial charge on any atom is 0.387 e. The lowest BCUT2D eigenvalue weighted by atomic mass is 10.4. The molecular formula is C8H10N2O4. The number of carbonyl (C=O) groups excluding carboxylic acids is 1. The minimum Gasteiger partial charge on any atom is -0.476 e. The van der Waals surface area contributed by atoms with Crippen molar-refractivity contribution in [1.29, 1.82) is 0 Å². The van der Waals surface area contributed by atoms with E-state index in [-0.39, 0.29) is 6.73 Å². The number of carboxylic acids is 1. The van der Waals surface area contributed by atoms with Crippen LogP contribution in [0.3, 0.4) is 0 Å². The molecule has 0 aliphatic rings. The fraction of sp³-hybridized carbons (Fsp3) is 0.500. The van der Waals surface area contributed by atoms with Gasteiger partial charge in [0.2, 0.25) is 0 Å². The Bertz CT molecular complexity index is 274. The van der Waals surface area contributed by atoms with Gasteiger partial charge in [0.25, 0.3) is 0 Å². The van der Waals surface area contributed by atoms with E-state index in [1.165, 1.54) is 13.8 Å². The molecule has 0 bridgehead atoms. The lowest BCUT2D eigenvalue weighted by molar-refractivity contribution is -0.140. The van der Waals surface area contributed by atoms with Crippen LogP contribution < -0.4 is 0 Å². The number of carboxylic acid groups (broad SMARTS) is 1. The van der Waals surface area contributed by atoms with Gasteiger partial charge in [-0.15, -0.1) is 0 Å². The maximum absolute atomic E-state index is 9.84. The highest BCUT2D eigenvalue weighted by molar-refractivity contribution is 5.74. The van der Waals surface area contributed by atoms with Crippen LogP contribution in [-0.2, 0) is 14.3 Å². The number of aliphatic carboxylic acids is 1. The van der Waals surface area contributed by atoms with Crippen molar-refractivity contribution < 1.29 is 19.4 Å². The molecule has 0 saturated carbocycles. The summed E-state index contributed by atoms with van der Waals surface area (Å²) in [6, 6.07) is -0.889. The minimum atomic E-state index is -1.06. The molecule has 0 aromatic carbocycles. The second-order valence-electron chi connectivity index (χ2n) is 2.07. The number of nitrogens with zero attached hydrogens (tertiary/aromatic N) is 2. The molecule has 0 spiro atoms. The Morgan fingerprint density at radius 2 is 2.00 bits per heavy atom. The second kappa shape index (κ2) is 9.01. The number of hydrogen-bond acceptors (Lipinski definition) is 3. The molecule has 0 aliphatic carbocycles. The molecule has 6 heteroatoms. The lowest BCUT2D eigenvalue weighted by Crippen LogP contribution is -2.09. The van der Waals surface area contributed by atoms with Gasteiger partial charge in [-0.25, -0.2) is 17.9 Å². The third-order valence-corrected chi connectivity index (χ3v) is 0.883. The molecule has 1 N–H and O–H groups in total. The van der Waals surface area contributed by atoms with Crippen molar-refractivity contribution in [3.05, 3.63) is 22.8 Å². The van der Waals surface area contributed by atoms with Crippen LogP contribution in [0.1, 0.15) is 13.8 Å². The fourth-order valence-corrected chi connectivity index (χ4v) is 0.178. The van der Waals surface area contributed by atoms with Crippen LogP contribution in [0.2, 0.25) is 0 Å². The van der Waals surface area contributed by atoms with Crippen molar-refractivity contribution in [2.24, 2.45) is 0 Å². The van der Waals surface area contributed by atoms with Gasteiger partial charge in [0.15, 0.2) is 0 Å². The quantitative estimate of drug-likeness (QED) is 0.526.